The van der Waals surface area contributed by atoms with Crippen LogP contribution >= 0.6 is 11.6 Å². The molecule has 0 aliphatic carbocycles. The number of rotatable bonds is 10. The summed E-state index contributed by atoms with van der Waals surface area (Å²) in [6.45, 7) is 4.26. The van der Waals surface area contributed by atoms with Crippen molar-refractivity contribution in [1.82, 2.24) is 0 Å². The molecule has 0 bridgehead atoms. The summed E-state index contributed by atoms with van der Waals surface area (Å²) >= 11 is 6.30. The third-order valence-corrected chi connectivity index (χ3v) is 4.74. The molecule has 2 rings (SSSR count). The van der Waals surface area contributed by atoms with Crippen molar-refractivity contribution < 1.29 is 28.8 Å². The predicted octanol–water partition coefficient (Wildman–Crippen LogP) is 4.77. The number of halogens is 1. The molecule has 1 N–H and O–H groups in total. The van der Waals surface area contributed by atoms with Gasteiger partial charge in [0.1, 0.15) is 23.9 Å². The van der Waals surface area contributed by atoms with Crippen molar-refractivity contribution >= 4 is 17.6 Å². The fraction of sp³-hybridized carbons (Fsp3) is 0.320. The van der Waals surface area contributed by atoms with Crippen molar-refractivity contribution in [3.8, 4) is 29.1 Å². The standard InChI is InChI=1S/C25H27ClO6/c1-5-31-24(25(27)28)15-19-8-9-23(22(26)14-19)32-11-10-17(2)6-7-18-12-20(29-3)16-21(13-18)30-4/h8-10,12-14,16,24H,5,11,15H2,1-4H3,(H,27,28)/b17-10+/t24-/m0/s1. The number of carbonyl (C=O) groups is 1. The average Bonchev–Trinajstić information content (AvgIpc) is 2.78. The Morgan fingerprint density at radius 3 is 2.41 bits per heavy atom. The third-order valence-electron chi connectivity index (χ3n) is 4.44. The molecule has 32 heavy (non-hydrogen) atoms. The molecule has 0 spiro atoms. The number of hydrogen-bond acceptors (Lipinski definition) is 5. The molecule has 0 aromatic heterocycles. The Balaban J connectivity index is 1.99. The van der Waals surface area contributed by atoms with Gasteiger partial charge in [-0.2, -0.15) is 0 Å². The molecule has 6 nitrogen and oxygen atoms in total. The van der Waals surface area contributed by atoms with Gasteiger partial charge >= 0.3 is 5.97 Å². The van der Waals surface area contributed by atoms with E-state index in [4.69, 9.17) is 30.5 Å². The van der Waals surface area contributed by atoms with E-state index in [-0.39, 0.29) is 13.0 Å². The van der Waals surface area contributed by atoms with Crippen LogP contribution in [0.2, 0.25) is 5.02 Å². The van der Waals surface area contributed by atoms with Gasteiger partial charge in [0, 0.05) is 24.7 Å². The lowest BCUT2D eigenvalue weighted by atomic mass is 10.1. The first-order valence-electron chi connectivity index (χ1n) is 10.0. The van der Waals surface area contributed by atoms with Crippen molar-refractivity contribution in [2.24, 2.45) is 0 Å². The molecule has 0 aliphatic rings. The molecular formula is C25H27ClO6. The number of methoxy groups -OCH3 is 2. The van der Waals surface area contributed by atoms with Crippen molar-refractivity contribution in [1.29, 1.82) is 0 Å². The van der Waals surface area contributed by atoms with E-state index in [2.05, 4.69) is 11.8 Å². The van der Waals surface area contributed by atoms with Crippen LogP contribution in [0.1, 0.15) is 25.0 Å². The van der Waals surface area contributed by atoms with Gasteiger partial charge in [0.2, 0.25) is 0 Å². The molecule has 170 valence electrons. The number of aliphatic carboxylic acids is 1. The quantitative estimate of drug-likeness (QED) is 0.517. The van der Waals surface area contributed by atoms with Crippen LogP contribution in [-0.4, -0.2) is 44.6 Å². The molecule has 2 aromatic carbocycles. The topological polar surface area (TPSA) is 74.2 Å². The van der Waals surface area contributed by atoms with Crippen LogP contribution in [0, 0.1) is 11.8 Å². The van der Waals surface area contributed by atoms with E-state index in [9.17, 15) is 9.90 Å². The highest BCUT2D eigenvalue weighted by molar-refractivity contribution is 6.32. The molecule has 7 heteroatoms. The Bertz CT molecular complexity index is 997. The summed E-state index contributed by atoms with van der Waals surface area (Å²) in [5.74, 6) is 7.01. The lowest BCUT2D eigenvalue weighted by Gasteiger charge is -2.13. The zero-order valence-electron chi connectivity index (χ0n) is 18.6. The summed E-state index contributed by atoms with van der Waals surface area (Å²) in [5, 5.41) is 9.62. The maximum atomic E-state index is 11.2. The van der Waals surface area contributed by atoms with E-state index in [1.807, 2.05) is 25.1 Å². The second-order valence-corrected chi connectivity index (χ2v) is 7.21. The summed E-state index contributed by atoms with van der Waals surface area (Å²) in [4.78, 5) is 11.2. The second-order valence-electron chi connectivity index (χ2n) is 6.80. The van der Waals surface area contributed by atoms with Gasteiger partial charge in [-0.15, -0.1) is 0 Å². The Morgan fingerprint density at radius 2 is 1.84 bits per heavy atom. The van der Waals surface area contributed by atoms with Crippen LogP contribution in [-0.2, 0) is 16.0 Å². The Labute approximate surface area is 193 Å². The monoisotopic (exact) mass is 458 g/mol. The molecule has 0 saturated heterocycles. The molecule has 2 aromatic rings. The number of ether oxygens (including phenoxy) is 4. The van der Waals surface area contributed by atoms with Gasteiger partial charge in [0.25, 0.3) is 0 Å². The first kappa shape index (κ1) is 25.1. The molecule has 0 aliphatic heterocycles. The van der Waals surface area contributed by atoms with Crippen LogP contribution in [0.4, 0.5) is 0 Å². The zero-order chi connectivity index (χ0) is 23.5. The third kappa shape index (κ3) is 7.84. The minimum atomic E-state index is -1.00. The molecule has 0 fully saturated rings. The van der Waals surface area contributed by atoms with E-state index in [0.717, 1.165) is 16.7 Å². The van der Waals surface area contributed by atoms with Gasteiger partial charge < -0.3 is 24.1 Å². The number of allylic oxidation sites excluding steroid dienone is 1. The highest BCUT2D eigenvalue weighted by Crippen LogP contribution is 2.26. The zero-order valence-corrected chi connectivity index (χ0v) is 19.4. The van der Waals surface area contributed by atoms with Crippen LogP contribution < -0.4 is 14.2 Å². The fourth-order valence-corrected chi connectivity index (χ4v) is 3.04. The lowest BCUT2D eigenvalue weighted by Crippen LogP contribution is -2.26. The average molecular weight is 459 g/mol. The molecule has 0 radical (unpaired) electrons. The van der Waals surface area contributed by atoms with E-state index in [0.29, 0.717) is 28.9 Å². The smallest absolute Gasteiger partial charge is 0.333 e. The summed E-state index contributed by atoms with van der Waals surface area (Å²) in [6.07, 6.45) is 1.17. The van der Waals surface area contributed by atoms with Crippen molar-refractivity contribution in [2.45, 2.75) is 26.4 Å². The van der Waals surface area contributed by atoms with Crippen molar-refractivity contribution in [2.75, 3.05) is 27.4 Å². The highest BCUT2D eigenvalue weighted by atomic mass is 35.5. The molecule has 1 atom stereocenters. The van der Waals surface area contributed by atoms with Gasteiger partial charge in [-0.1, -0.05) is 29.5 Å². The fourth-order valence-electron chi connectivity index (χ4n) is 2.78. The predicted molar refractivity (Wildman–Crippen MR) is 124 cm³/mol. The van der Waals surface area contributed by atoms with Crippen molar-refractivity contribution in [3.05, 3.63) is 64.2 Å². The summed E-state index contributed by atoms with van der Waals surface area (Å²) < 4.78 is 21.5. The van der Waals surface area contributed by atoms with Gasteiger partial charge in [-0.3, -0.25) is 0 Å². The van der Waals surface area contributed by atoms with Crippen LogP contribution in [0.25, 0.3) is 0 Å². The minimum Gasteiger partial charge on any atom is -0.497 e. The summed E-state index contributed by atoms with van der Waals surface area (Å²) in [5.41, 5.74) is 2.37. The summed E-state index contributed by atoms with van der Waals surface area (Å²) in [7, 11) is 3.19. The SMILES string of the molecule is CCO[C@@H](Cc1ccc(OC/C=C(\C)C#Cc2cc(OC)cc(OC)c2)c(Cl)c1)C(=O)O. The molecule has 0 saturated carbocycles. The van der Waals surface area contributed by atoms with Crippen LogP contribution in [0.5, 0.6) is 17.2 Å². The first-order valence-corrected chi connectivity index (χ1v) is 10.4. The summed E-state index contributed by atoms with van der Waals surface area (Å²) in [6, 6.07) is 10.7. The minimum absolute atomic E-state index is 0.229. The first-order chi connectivity index (χ1) is 15.4. The number of benzene rings is 2. The largest absolute Gasteiger partial charge is 0.497 e. The van der Waals surface area contributed by atoms with E-state index < -0.39 is 12.1 Å². The van der Waals surface area contributed by atoms with Crippen LogP contribution in [0.3, 0.4) is 0 Å². The normalized spacial score (nSPS) is 11.8. The van der Waals surface area contributed by atoms with Crippen LogP contribution in [0.15, 0.2) is 48.0 Å². The molecule has 0 amide bonds. The number of carboxylic acids is 1. The van der Waals surface area contributed by atoms with Gasteiger partial charge in [-0.05, 0) is 55.3 Å². The van der Waals surface area contributed by atoms with Gasteiger partial charge in [0.05, 0.1) is 19.2 Å². The Hall–Kier alpha value is -3.14. The number of carboxylic acid groups (broad SMARTS) is 1. The second kappa shape index (κ2) is 12.7. The number of hydrogen-bond donors (Lipinski definition) is 1. The van der Waals surface area contributed by atoms with E-state index in [1.54, 1.807) is 45.4 Å². The highest BCUT2D eigenvalue weighted by Gasteiger charge is 2.18. The Morgan fingerprint density at radius 1 is 1.16 bits per heavy atom. The maximum absolute atomic E-state index is 11.2. The lowest BCUT2D eigenvalue weighted by molar-refractivity contribution is -0.149. The van der Waals surface area contributed by atoms with E-state index >= 15 is 0 Å². The Kier molecular flexibility index (Phi) is 9.93. The van der Waals surface area contributed by atoms with E-state index in [1.165, 1.54) is 0 Å². The maximum Gasteiger partial charge on any atom is 0.333 e. The van der Waals surface area contributed by atoms with Crippen molar-refractivity contribution in [3.63, 3.8) is 0 Å². The van der Waals surface area contributed by atoms with Gasteiger partial charge in [0.15, 0.2) is 6.10 Å². The molecular weight excluding hydrogens is 432 g/mol. The molecule has 0 heterocycles. The molecule has 0 unspecified atom stereocenters. The van der Waals surface area contributed by atoms with Gasteiger partial charge in [-0.25, -0.2) is 4.79 Å².